The zero-order valence-electron chi connectivity index (χ0n) is 16.9. The van der Waals surface area contributed by atoms with Gasteiger partial charge in [0.2, 0.25) is 0 Å². The number of benzene rings is 2. The summed E-state index contributed by atoms with van der Waals surface area (Å²) in [5, 5.41) is 3.83. The molecule has 4 rings (SSSR count). The first-order valence-electron chi connectivity index (χ1n) is 9.61. The molecule has 30 heavy (non-hydrogen) atoms. The van der Waals surface area contributed by atoms with Crippen molar-refractivity contribution in [1.82, 2.24) is 15.3 Å². The zero-order valence-corrected chi connectivity index (χ0v) is 16.9. The molecule has 0 spiro atoms. The third-order valence-corrected chi connectivity index (χ3v) is 4.73. The number of anilines is 1. The summed E-state index contributed by atoms with van der Waals surface area (Å²) in [6.07, 6.45) is 5.13. The molecule has 0 aliphatic rings. The highest BCUT2D eigenvalue weighted by molar-refractivity contribution is 5.94. The highest BCUT2D eigenvalue weighted by atomic mass is 16.5. The fourth-order valence-corrected chi connectivity index (χ4v) is 3.09. The quantitative estimate of drug-likeness (QED) is 0.521. The number of aromatic nitrogens is 2. The third kappa shape index (κ3) is 4.38. The van der Waals surface area contributed by atoms with Crippen LogP contribution in [-0.2, 0) is 6.54 Å². The van der Waals surface area contributed by atoms with Crippen molar-refractivity contribution in [3.8, 4) is 11.5 Å². The molecule has 1 N–H and O–H groups in total. The van der Waals surface area contributed by atoms with E-state index in [1.807, 2.05) is 67.5 Å². The third-order valence-electron chi connectivity index (χ3n) is 4.73. The monoisotopic (exact) mass is 398 g/mol. The molecule has 150 valence electrons. The zero-order chi connectivity index (χ0) is 20.9. The standard InChI is InChI=1S/C24H22N4O2/c1-28(2)19-6-7-21-22(15-19)26-13-10-23(21)30-20-5-3-4-18(14-20)24(29)27-16-17-8-11-25-12-9-17/h3-15H,16H2,1-2H3,(H,27,29). The minimum atomic E-state index is -0.160. The molecule has 0 unspecified atom stereocenters. The normalized spacial score (nSPS) is 10.6. The second-order valence-corrected chi connectivity index (χ2v) is 7.07. The number of nitrogens with zero attached hydrogens (tertiary/aromatic N) is 3. The highest BCUT2D eigenvalue weighted by Crippen LogP contribution is 2.31. The van der Waals surface area contributed by atoms with Gasteiger partial charge in [-0.25, -0.2) is 0 Å². The summed E-state index contributed by atoms with van der Waals surface area (Å²) in [6, 6.07) is 18.8. The van der Waals surface area contributed by atoms with Crippen LogP contribution in [0.5, 0.6) is 11.5 Å². The van der Waals surface area contributed by atoms with E-state index in [1.54, 1.807) is 30.7 Å². The molecule has 0 saturated heterocycles. The first kappa shape index (κ1) is 19.4. The SMILES string of the molecule is CN(C)c1ccc2c(Oc3cccc(C(=O)NCc4ccncc4)c3)ccnc2c1. The van der Waals surface area contributed by atoms with Crippen molar-refractivity contribution in [2.24, 2.45) is 0 Å². The first-order valence-corrected chi connectivity index (χ1v) is 9.61. The van der Waals surface area contributed by atoms with Gasteiger partial charge in [-0.3, -0.25) is 14.8 Å². The lowest BCUT2D eigenvalue weighted by atomic mass is 10.1. The van der Waals surface area contributed by atoms with Gasteiger partial charge in [0, 0.05) is 55.9 Å². The molecule has 0 saturated carbocycles. The molecule has 6 nitrogen and oxygen atoms in total. The molecule has 0 fully saturated rings. The number of hydrogen-bond acceptors (Lipinski definition) is 5. The number of amides is 1. The van der Waals surface area contributed by atoms with Crippen molar-refractivity contribution in [2.45, 2.75) is 6.54 Å². The summed E-state index contributed by atoms with van der Waals surface area (Å²) >= 11 is 0. The Morgan fingerprint density at radius 2 is 1.83 bits per heavy atom. The molecule has 1 amide bonds. The van der Waals surface area contributed by atoms with E-state index in [2.05, 4.69) is 15.3 Å². The van der Waals surface area contributed by atoms with Crippen molar-refractivity contribution in [3.05, 3.63) is 90.4 Å². The van der Waals surface area contributed by atoms with Crippen molar-refractivity contribution < 1.29 is 9.53 Å². The Labute approximate surface area is 175 Å². The van der Waals surface area contributed by atoms with Crippen LogP contribution in [0.25, 0.3) is 10.9 Å². The van der Waals surface area contributed by atoms with Crippen LogP contribution in [-0.4, -0.2) is 30.0 Å². The number of carbonyl (C=O) groups excluding carboxylic acids is 1. The Kier molecular flexibility index (Phi) is 5.57. The summed E-state index contributed by atoms with van der Waals surface area (Å²) in [4.78, 5) is 23.0. The largest absolute Gasteiger partial charge is 0.457 e. The van der Waals surface area contributed by atoms with Crippen LogP contribution in [0.15, 0.2) is 79.3 Å². The van der Waals surface area contributed by atoms with Gasteiger partial charge >= 0.3 is 0 Å². The number of fused-ring (bicyclic) bond motifs is 1. The van der Waals surface area contributed by atoms with E-state index in [0.717, 1.165) is 22.2 Å². The van der Waals surface area contributed by atoms with Crippen LogP contribution >= 0.6 is 0 Å². The van der Waals surface area contributed by atoms with Crippen molar-refractivity contribution in [3.63, 3.8) is 0 Å². The van der Waals surface area contributed by atoms with Crippen LogP contribution < -0.4 is 15.0 Å². The summed E-state index contributed by atoms with van der Waals surface area (Å²) < 4.78 is 6.10. The van der Waals surface area contributed by atoms with Gasteiger partial charge in [0.05, 0.1) is 5.52 Å². The van der Waals surface area contributed by atoms with E-state index < -0.39 is 0 Å². The van der Waals surface area contributed by atoms with Crippen molar-refractivity contribution in [1.29, 1.82) is 0 Å². The lowest BCUT2D eigenvalue weighted by molar-refractivity contribution is 0.0950. The van der Waals surface area contributed by atoms with E-state index >= 15 is 0 Å². The van der Waals surface area contributed by atoms with Crippen LogP contribution in [0.3, 0.4) is 0 Å². The molecule has 2 aromatic carbocycles. The summed E-state index contributed by atoms with van der Waals surface area (Å²) in [6.45, 7) is 0.440. The van der Waals surface area contributed by atoms with Gasteiger partial charge in [-0.2, -0.15) is 0 Å². The van der Waals surface area contributed by atoms with Gasteiger partial charge in [-0.15, -0.1) is 0 Å². The number of ether oxygens (including phenoxy) is 1. The Morgan fingerprint density at radius 3 is 2.63 bits per heavy atom. The van der Waals surface area contributed by atoms with E-state index in [-0.39, 0.29) is 5.91 Å². The van der Waals surface area contributed by atoms with Gasteiger partial charge in [-0.1, -0.05) is 6.07 Å². The minimum absolute atomic E-state index is 0.160. The number of carbonyl (C=O) groups is 1. The maximum absolute atomic E-state index is 12.5. The Morgan fingerprint density at radius 1 is 1.00 bits per heavy atom. The van der Waals surface area contributed by atoms with Crippen molar-refractivity contribution in [2.75, 3.05) is 19.0 Å². The molecule has 4 aromatic rings. The number of hydrogen-bond donors (Lipinski definition) is 1. The molecule has 2 aromatic heterocycles. The number of pyridine rings is 2. The van der Waals surface area contributed by atoms with E-state index in [1.165, 1.54) is 0 Å². The van der Waals surface area contributed by atoms with Gasteiger partial charge in [0.1, 0.15) is 11.5 Å². The maximum atomic E-state index is 12.5. The molecule has 6 heteroatoms. The first-order chi connectivity index (χ1) is 14.6. The average molecular weight is 398 g/mol. The molecule has 2 heterocycles. The van der Waals surface area contributed by atoms with Crippen LogP contribution in [0, 0.1) is 0 Å². The summed E-state index contributed by atoms with van der Waals surface area (Å²) in [7, 11) is 3.99. The molecule has 0 bridgehead atoms. The maximum Gasteiger partial charge on any atom is 0.251 e. The summed E-state index contributed by atoms with van der Waals surface area (Å²) in [5.41, 5.74) is 3.45. The number of nitrogens with one attached hydrogen (secondary N) is 1. The van der Waals surface area contributed by atoms with Crippen LogP contribution in [0.4, 0.5) is 5.69 Å². The molecular weight excluding hydrogens is 376 g/mol. The van der Waals surface area contributed by atoms with Gasteiger partial charge in [0.25, 0.3) is 5.91 Å². The van der Waals surface area contributed by atoms with E-state index in [9.17, 15) is 4.79 Å². The molecule has 0 radical (unpaired) electrons. The predicted octanol–water partition coefficient (Wildman–Crippen LogP) is 4.42. The number of rotatable bonds is 6. The second kappa shape index (κ2) is 8.61. The second-order valence-electron chi connectivity index (χ2n) is 7.07. The topological polar surface area (TPSA) is 67.3 Å². The molecular formula is C24H22N4O2. The Hall–Kier alpha value is -3.93. The van der Waals surface area contributed by atoms with Gasteiger partial charge < -0.3 is 15.0 Å². The Balaban J connectivity index is 1.52. The molecule has 0 aliphatic heterocycles. The predicted molar refractivity (Wildman–Crippen MR) is 118 cm³/mol. The van der Waals surface area contributed by atoms with Gasteiger partial charge in [-0.05, 0) is 60.2 Å². The Bertz CT molecular complexity index is 1180. The fourth-order valence-electron chi connectivity index (χ4n) is 3.09. The summed E-state index contributed by atoms with van der Waals surface area (Å²) in [5.74, 6) is 1.13. The van der Waals surface area contributed by atoms with Gasteiger partial charge in [0.15, 0.2) is 0 Å². The molecule has 0 aliphatic carbocycles. The minimum Gasteiger partial charge on any atom is -0.457 e. The smallest absolute Gasteiger partial charge is 0.251 e. The van der Waals surface area contributed by atoms with E-state index in [0.29, 0.717) is 23.6 Å². The lowest BCUT2D eigenvalue weighted by Crippen LogP contribution is -2.22. The average Bonchev–Trinajstić information content (AvgIpc) is 2.78. The van der Waals surface area contributed by atoms with Crippen molar-refractivity contribution >= 4 is 22.5 Å². The molecule has 0 atom stereocenters. The fraction of sp³-hybridized carbons (Fsp3) is 0.125. The van der Waals surface area contributed by atoms with E-state index in [4.69, 9.17) is 4.74 Å². The highest BCUT2D eigenvalue weighted by Gasteiger charge is 2.10. The van der Waals surface area contributed by atoms with Crippen LogP contribution in [0.1, 0.15) is 15.9 Å². The lowest BCUT2D eigenvalue weighted by Gasteiger charge is -2.14. The van der Waals surface area contributed by atoms with Crippen LogP contribution in [0.2, 0.25) is 0 Å².